The molecule has 0 fully saturated rings. The summed E-state index contributed by atoms with van der Waals surface area (Å²) in [6.07, 6.45) is 1.90. The normalized spacial score (nSPS) is 9.89. The Morgan fingerprint density at radius 1 is 1.56 bits per heavy atom. The minimum absolute atomic E-state index is 0.189. The average molecular weight is 288 g/mol. The number of nitrogens with zero attached hydrogens (tertiary/aromatic N) is 1. The summed E-state index contributed by atoms with van der Waals surface area (Å²) in [5, 5.41) is 2.35. The predicted molar refractivity (Wildman–Crippen MR) is 69.2 cm³/mol. The van der Waals surface area contributed by atoms with E-state index in [1.54, 1.807) is 6.92 Å². The molecule has 98 valence electrons. The maximum absolute atomic E-state index is 11.9. The first-order chi connectivity index (χ1) is 8.62. The summed E-state index contributed by atoms with van der Waals surface area (Å²) in [5.41, 5.74) is 0. The van der Waals surface area contributed by atoms with Gasteiger partial charge in [0.15, 0.2) is 15.9 Å². The van der Waals surface area contributed by atoms with E-state index >= 15 is 0 Å². The molecule has 0 aromatic carbocycles. The van der Waals surface area contributed by atoms with Crippen molar-refractivity contribution in [1.29, 1.82) is 0 Å². The van der Waals surface area contributed by atoms with Gasteiger partial charge in [-0.1, -0.05) is 11.8 Å². The molecule has 0 aliphatic rings. The molecular formula is C10H12N2O4S2. The topological polar surface area (TPSA) is 85.4 Å². The number of Topliss-reactive ketones (excluding diaryl/α,β-unsaturated/α-hetero) is 1. The van der Waals surface area contributed by atoms with Crippen molar-refractivity contribution < 1.29 is 19.1 Å². The number of aromatic nitrogens is 1. The van der Waals surface area contributed by atoms with Crippen LogP contribution in [-0.4, -0.2) is 36.0 Å². The van der Waals surface area contributed by atoms with Gasteiger partial charge in [0, 0.05) is 0 Å². The number of rotatable bonds is 7. The second kappa shape index (κ2) is 7.12. The van der Waals surface area contributed by atoms with Gasteiger partial charge in [-0.05, 0) is 13.2 Å². The van der Waals surface area contributed by atoms with Crippen molar-refractivity contribution >= 4 is 47.1 Å². The summed E-state index contributed by atoms with van der Waals surface area (Å²) in [6.45, 7) is 1.89. The zero-order valence-electron chi connectivity index (χ0n) is 9.89. The van der Waals surface area contributed by atoms with E-state index in [-0.39, 0.29) is 23.7 Å². The van der Waals surface area contributed by atoms with Gasteiger partial charge in [-0.15, -0.1) is 11.3 Å². The van der Waals surface area contributed by atoms with Crippen molar-refractivity contribution in [2.45, 2.75) is 17.7 Å². The van der Waals surface area contributed by atoms with E-state index in [9.17, 15) is 14.4 Å². The van der Waals surface area contributed by atoms with Crippen molar-refractivity contribution in [2.75, 3.05) is 18.2 Å². The fourth-order valence-corrected chi connectivity index (χ4v) is 2.62. The molecule has 0 saturated carbocycles. The first-order valence-corrected chi connectivity index (χ1v) is 7.10. The lowest BCUT2D eigenvalue weighted by atomic mass is 10.2. The van der Waals surface area contributed by atoms with Crippen LogP contribution in [-0.2, 0) is 14.3 Å². The molecule has 1 aromatic rings. The van der Waals surface area contributed by atoms with E-state index in [4.69, 9.17) is 4.74 Å². The van der Waals surface area contributed by atoms with Gasteiger partial charge in [0.05, 0.1) is 6.61 Å². The van der Waals surface area contributed by atoms with E-state index in [2.05, 4.69) is 10.3 Å². The van der Waals surface area contributed by atoms with Crippen molar-refractivity contribution in [3.63, 3.8) is 0 Å². The molecule has 0 atom stereocenters. The minimum atomic E-state index is -0.585. The highest BCUT2D eigenvalue weighted by atomic mass is 32.2. The van der Waals surface area contributed by atoms with E-state index < -0.39 is 11.8 Å². The Labute approximate surface area is 112 Å². The zero-order valence-corrected chi connectivity index (χ0v) is 11.5. The summed E-state index contributed by atoms with van der Waals surface area (Å²) in [7, 11) is 0. The second-order valence-electron chi connectivity index (χ2n) is 3.03. The number of esters is 1. The highest BCUT2D eigenvalue weighted by molar-refractivity contribution is 8.00. The zero-order chi connectivity index (χ0) is 13.5. The van der Waals surface area contributed by atoms with Crippen LogP contribution in [0.1, 0.15) is 23.0 Å². The van der Waals surface area contributed by atoms with Crippen molar-refractivity contribution in [3.8, 4) is 0 Å². The minimum Gasteiger partial charge on any atom is -0.466 e. The van der Waals surface area contributed by atoms with Gasteiger partial charge in [0.1, 0.15) is 11.3 Å². The molecule has 0 aliphatic carbocycles. The number of ether oxygens (including phenoxy) is 1. The van der Waals surface area contributed by atoms with Crippen LogP contribution in [0.25, 0.3) is 0 Å². The molecule has 0 radical (unpaired) electrons. The number of thioether (sulfide) groups is 1. The van der Waals surface area contributed by atoms with Crippen LogP contribution in [0.2, 0.25) is 0 Å². The van der Waals surface area contributed by atoms with Gasteiger partial charge in [-0.25, -0.2) is 4.98 Å². The fourth-order valence-electron chi connectivity index (χ4n) is 1.15. The molecule has 1 amide bonds. The number of hydrogen-bond donors (Lipinski definition) is 1. The molecule has 1 heterocycles. The van der Waals surface area contributed by atoms with E-state index in [1.807, 2.05) is 6.26 Å². The second-order valence-corrected chi connectivity index (χ2v) is 5.08. The van der Waals surface area contributed by atoms with Crippen LogP contribution in [0, 0.1) is 0 Å². The Kier molecular flexibility index (Phi) is 5.79. The molecule has 6 nitrogen and oxygen atoms in total. The van der Waals surface area contributed by atoms with Crippen LogP contribution in [0.15, 0.2) is 4.34 Å². The van der Waals surface area contributed by atoms with Gasteiger partial charge in [0.2, 0.25) is 6.41 Å². The summed E-state index contributed by atoms with van der Waals surface area (Å²) in [6, 6.07) is 0. The maximum Gasteiger partial charge on any atom is 0.313 e. The number of nitrogens with one attached hydrogen (secondary N) is 1. The van der Waals surface area contributed by atoms with Gasteiger partial charge < -0.3 is 10.1 Å². The number of amides is 1. The lowest BCUT2D eigenvalue weighted by Crippen LogP contribution is -2.12. The largest absolute Gasteiger partial charge is 0.466 e. The van der Waals surface area contributed by atoms with Gasteiger partial charge >= 0.3 is 5.97 Å². The molecule has 0 spiro atoms. The van der Waals surface area contributed by atoms with Crippen LogP contribution < -0.4 is 5.32 Å². The predicted octanol–water partition coefficient (Wildman–Crippen LogP) is 1.57. The fraction of sp³-hybridized carbons (Fsp3) is 0.400. The number of carbonyl (C=O) groups excluding carboxylic acids is 3. The van der Waals surface area contributed by atoms with Crippen molar-refractivity contribution in [2.24, 2.45) is 0 Å². The summed E-state index contributed by atoms with van der Waals surface area (Å²) >= 11 is 2.50. The van der Waals surface area contributed by atoms with Gasteiger partial charge in [-0.3, -0.25) is 14.4 Å². The van der Waals surface area contributed by atoms with Crippen LogP contribution in [0.4, 0.5) is 5.82 Å². The van der Waals surface area contributed by atoms with Crippen LogP contribution >= 0.6 is 23.1 Å². The number of hydrogen-bond acceptors (Lipinski definition) is 7. The van der Waals surface area contributed by atoms with Crippen molar-refractivity contribution in [3.05, 3.63) is 4.88 Å². The molecule has 8 heteroatoms. The SMILES string of the molecule is CCOC(=O)CC(=O)c1sc(SC)nc1NC=O. The molecule has 1 rings (SSSR count). The quantitative estimate of drug-likeness (QED) is 0.269. The Morgan fingerprint density at radius 3 is 2.83 bits per heavy atom. The van der Waals surface area contributed by atoms with E-state index in [0.717, 1.165) is 11.3 Å². The van der Waals surface area contributed by atoms with Gasteiger partial charge in [0.25, 0.3) is 0 Å². The molecule has 0 bridgehead atoms. The molecule has 0 unspecified atom stereocenters. The molecule has 0 aliphatic heterocycles. The highest BCUT2D eigenvalue weighted by Gasteiger charge is 2.20. The molecule has 1 aromatic heterocycles. The Balaban J connectivity index is 2.86. The summed E-state index contributed by atoms with van der Waals surface area (Å²) < 4.78 is 5.34. The third-order valence-electron chi connectivity index (χ3n) is 1.84. The summed E-state index contributed by atoms with van der Waals surface area (Å²) in [4.78, 5) is 37.8. The van der Waals surface area contributed by atoms with Crippen LogP contribution in [0.5, 0.6) is 0 Å². The van der Waals surface area contributed by atoms with Gasteiger partial charge in [-0.2, -0.15) is 0 Å². The molecular weight excluding hydrogens is 276 g/mol. The molecule has 1 N–H and O–H groups in total. The van der Waals surface area contributed by atoms with Crippen molar-refractivity contribution in [1.82, 2.24) is 4.98 Å². The third kappa shape index (κ3) is 3.81. The number of thiazole rings is 1. The number of carbonyl (C=O) groups is 3. The Bertz CT molecular complexity index is 459. The molecule has 0 saturated heterocycles. The molecule has 18 heavy (non-hydrogen) atoms. The van der Waals surface area contributed by atoms with E-state index in [1.165, 1.54) is 11.8 Å². The Morgan fingerprint density at radius 2 is 2.28 bits per heavy atom. The standard InChI is InChI=1S/C10H12N2O4S2/c1-3-16-7(15)4-6(14)8-9(11-5-13)12-10(17-2)18-8/h5H,3-4H2,1-2H3,(H,11,13). The monoisotopic (exact) mass is 288 g/mol. The summed E-state index contributed by atoms with van der Waals surface area (Å²) in [5.74, 6) is -0.803. The average Bonchev–Trinajstić information content (AvgIpc) is 2.73. The highest BCUT2D eigenvalue weighted by Crippen LogP contribution is 2.30. The maximum atomic E-state index is 11.9. The first-order valence-electron chi connectivity index (χ1n) is 5.06. The number of ketones is 1. The van der Waals surface area contributed by atoms with Crippen LogP contribution in [0.3, 0.4) is 0 Å². The number of anilines is 1. The first kappa shape index (κ1) is 14.7. The third-order valence-corrected chi connectivity index (χ3v) is 3.92. The Hall–Kier alpha value is -1.41. The smallest absolute Gasteiger partial charge is 0.313 e. The lowest BCUT2D eigenvalue weighted by Gasteiger charge is -2.00. The van der Waals surface area contributed by atoms with E-state index in [0.29, 0.717) is 10.7 Å². The lowest BCUT2D eigenvalue weighted by molar-refractivity contribution is -0.141.